The van der Waals surface area contributed by atoms with Crippen molar-refractivity contribution in [3.8, 4) is 0 Å². The first-order valence-electron chi connectivity index (χ1n) is 5.16. The zero-order valence-electron chi connectivity index (χ0n) is 8.81. The molecule has 1 aliphatic rings. The van der Waals surface area contributed by atoms with Gasteiger partial charge in [0.15, 0.2) is 0 Å². The van der Waals surface area contributed by atoms with Gasteiger partial charge in [-0.1, -0.05) is 0 Å². The third-order valence-electron chi connectivity index (χ3n) is 2.81. The first kappa shape index (κ1) is 10.7. The van der Waals surface area contributed by atoms with Crippen LogP contribution in [-0.2, 0) is 17.9 Å². The van der Waals surface area contributed by atoms with Crippen LogP contribution in [0, 0.1) is 0 Å². The van der Waals surface area contributed by atoms with Gasteiger partial charge in [0, 0.05) is 11.0 Å². The summed E-state index contributed by atoms with van der Waals surface area (Å²) in [5.74, 6) is -0.107. The molecule has 0 saturated heterocycles. The van der Waals surface area contributed by atoms with Gasteiger partial charge in [-0.15, -0.1) is 0 Å². The topological polar surface area (TPSA) is 64.3 Å². The molecule has 0 saturated carbocycles. The van der Waals surface area contributed by atoms with E-state index in [-0.39, 0.29) is 5.56 Å². The van der Waals surface area contributed by atoms with E-state index in [9.17, 15) is 4.79 Å². The first-order valence-corrected chi connectivity index (χ1v) is 5.96. The van der Waals surface area contributed by atoms with Gasteiger partial charge in [-0.2, -0.15) is 0 Å². The fraction of sp³-hybridized carbons (Fsp3) is 0.273. The lowest BCUT2D eigenvalue weighted by molar-refractivity contribution is 0.0697. The summed E-state index contributed by atoms with van der Waals surface area (Å²) in [6, 6.07) is 3.20. The van der Waals surface area contributed by atoms with Gasteiger partial charge in [0.2, 0.25) is 0 Å². The molecule has 1 aliphatic heterocycles. The van der Waals surface area contributed by atoms with Crippen molar-refractivity contribution in [2.45, 2.75) is 13.2 Å². The number of fused-ring (bicyclic) bond motifs is 3. The predicted molar refractivity (Wildman–Crippen MR) is 64.0 cm³/mol. The maximum Gasteiger partial charge on any atom is 0.335 e. The van der Waals surface area contributed by atoms with Crippen LogP contribution in [0.2, 0.25) is 0 Å². The second-order valence-corrected chi connectivity index (χ2v) is 4.72. The smallest absolute Gasteiger partial charge is 0.335 e. The summed E-state index contributed by atoms with van der Waals surface area (Å²) in [5, 5.41) is 8.99. The Labute approximate surface area is 105 Å². The molecule has 6 heteroatoms. The number of benzene rings is 1. The highest BCUT2D eigenvalue weighted by molar-refractivity contribution is 9.10. The summed E-state index contributed by atoms with van der Waals surface area (Å²) < 4.78 is 8.15. The van der Waals surface area contributed by atoms with E-state index in [0.717, 1.165) is 22.4 Å². The molecule has 3 rings (SSSR count). The summed E-state index contributed by atoms with van der Waals surface area (Å²) >= 11 is 3.41. The summed E-state index contributed by atoms with van der Waals surface area (Å²) in [5.41, 5.74) is 1.87. The number of carboxylic acids is 1. The van der Waals surface area contributed by atoms with Crippen LogP contribution in [0.3, 0.4) is 0 Å². The summed E-state index contributed by atoms with van der Waals surface area (Å²) in [7, 11) is 0. The van der Waals surface area contributed by atoms with Gasteiger partial charge < -0.3 is 14.4 Å². The lowest BCUT2D eigenvalue weighted by atomic mass is 10.2. The molecular formula is C11H9BrN2O3. The lowest BCUT2D eigenvalue weighted by Crippen LogP contribution is -2.16. The van der Waals surface area contributed by atoms with Crippen LogP contribution in [-0.4, -0.2) is 27.2 Å². The Hall–Kier alpha value is -1.40. The van der Waals surface area contributed by atoms with Gasteiger partial charge in [-0.05, 0) is 28.1 Å². The maximum absolute atomic E-state index is 11.0. The van der Waals surface area contributed by atoms with Crippen molar-refractivity contribution in [3.05, 3.63) is 28.0 Å². The fourth-order valence-electron chi connectivity index (χ4n) is 2.06. The molecular weight excluding hydrogens is 288 g/mol. The third kappa shape index (κ3) is 1.64. The molecule has 0 fully saturated rings. The van der Waals surface area contributed by atoms with Crippen molar-refractivity contribution in [1.82, 2.24) is 9.55 Å². The number of nitrogens with zero attached hydrogens (tertiary/aromatic N) is 2. The predicted octanol–water partition coefficient (Wildman–Crippen LogP) is 2.03. The lowest BCUT2D eigenvalue weighted by Gasteiger charge is -2.15. The number of hydrogen-bond donors (Lipinski definition) is 1. The molecule has 0 unspecified atom stereocenters. The van der Waals surface area contributed by atoms with Gasteiger partial charge >= 0.3 is 5.97 Å². The molecule has 0 bridgehead atoms. The van der Waals surface area contributed by atoms with E-state index < -0.39 is 5.97 Å². The quantitative estimate of drug-likeness (QED) is 0.874. The molecule has 2 aromatic rings. The standard InChI is InChI=1S/C11H9BrN2O3/c12-7-3-6(11(15)16)4-8-10(7)14-1-2-17-5-9(14)13-8/h3-4H,1-2,5H2,(H,15,16). The Morgan fingerprint density at radius 1 is 1.53 bits per heavy atom. The molecule has 0 radical (unpaired) electrons. The third-order valence-corrected chi connectivity index (χ3v) is 3.42. The van der Waals surface area contributed by atoms with Crippen molar-refractivity contribution < 1.29 is 14.6 Å². The van der Waals surface area contributed by atoms with E-state index in [1.165, 1.54) is 0 Å². The molecule has 0 atom stereocenters. The molecule has 1 aromatic carbocycles. The van der Waals surface area contributed by atoms with Gasteiger partial charge in [0.1, 0.15) is 12.4 Å². The average molecular weight is 297 g/mol. The Bertz CT molecular complexity index is 621. The minimum Gasteiger partial charge on any atom is -0.478 e. The summed E-state index contributed by atoms with van der Waals surface area (Å²) in [6.07, 6.45) is 0. The highest BCUT2D eigenvalue weighted by Gasteiger charge is 2.18. The van der Waals surface area contributed by atoms with E-state index in [1.807, 2.05) is 0 Å². The van der Waals surface area contributed by atoms with Crippen molar-refractivity contribution in [3.63, 3.8) is 0 Å². The minimum atomic E-state index is -0.949. The average Bonchev–Trinajstić information content (AvgIpc) is 2.67. The Morgan fingerprint density at radius 2 is 2.35 bits per heavy atom. The van der Waals surface area contributed by atoms with E-state index in [4.69, 9.17) is 9.84 Å². The van der Waals surface area contributed by atoms with E-state index in [0.29, 0.717) is 18.7 Å². The van der Waals surface area contributed by atoms with Gasteiger partial charge in [0.25, 0.3) is 0 Å². The highest BCUT2D eigenvalue weighted by atomic mass is 79.9. The van der Waals surface area contributed by atoms with Crippen LogP contribution in [0.25, 0.3) is 11.0 Å². The van der Waals surface area contributed by atoms with Gasteiger partial charge in [-0.3, -0.25) is 0 Å². The number of carboxylic acid groups (broad SMARTS) is 1. The molecule has 0 amide bonds. The monoisotopic (exact) mass is 296 g/mol. The normalized spacial score (nSPS) is 14.9. The molecule has 1 aromatic heterocycles. The van der Waals surface area contributed by atoms with Crippen molar-refractivity contribution >= 4 is 32.9 Å². The molecule has 0 aliphatic carbocycles. The SMILES string of the molecule is O=C(O)c1cc(Br)c2c(c1)nc1n2CCOC1. The fourth-order valence-corrected chi connectivity index (χ4v) is 2.72. The number of imidazole rings is 1. The van der Waals surface area contributed by atoms with Crippen LogP contribution < -0.4 is 0 Å². The Morgan fingerprint density at radius 3 is 3.12 bits per heavy atom. The second-order valence-electron chi connectivity index (χ2n) is 3.86. The zero-order valence-corrected chi connectivity index (χ0v) is 10.4. The number of halogens is 1. The Kier molecular flexibility index (Phi) is 2.41. The minimum absolute atomic E-state index is 0.237. The Balaban J connectivity index is 2.30. The molecule has 5 nitrogen and oxygen atoms in total. The van der Waals surface area contributed by atoms with Crippen LogP contribution in [0.15, 0.2) is 16.6 Å². The molecule has 88 valence electrons. The molecule has 17 heavy (non-hydrogen) atoms. The van der Waals surface area contributed by atoms with E-state index >= 15 is 0 Å². The van der Waals surface area contributed by atoms with Gasteiger partial charge in [0.05, 0.1) is 23.2 Å². The largest absolute Gasteiger partial charge is 0.478 e. The van der Waals surface area contributed by atoms with Crippen molar-refractivity contribution in [2.24, 2.45) is 0 Å². The van der Waals surface area contributed by atoms with Crippen LogP contribution in [0.5, 0.6) is 0 Å². The van der Waals surface area contributed by atoms with E-state index in [1.54, 1.807) is 12.1 Å². The van der Waals surface area contributed by atoms with Crippen molar-refractivity contribution in [2.75, 3.05) is 6.61 Å². The van der Waals surface area contributed by atoms with Gasteiger partial charge in [-0.25, -0.2) is 9.78 Å². The summed E-state index contributed by atoms with van der Waals surface area (Å²) in [4.78, 5) is 15.4. The van der Waals surface area contributed by atoms with Crippen LogP contribution >= 0.6 is 15.9 Å². The van der Waals surface area contributed by atoms with Crippen LogP contribution in [0.4, 0.5) is 0 Å². The second kappa shape index (κ2) is 3.82. The number of aromatic carboxylic acids is 1. The molecule has 0 spiro atoms. The van der Waals surface area contributed by atoms with E-state index in [2.05, 4.69) is 25.5 Å². The number of hydrogen-bond acceptors (Lipinski definition) is 3. The van der Waals surface area contributed by atoms with Crippen molar-refractivity contribution in [1.29, 1.82) is 0 Å². The summed E-state index contributed by atoms with van der Waals surface area (Å²) in [6.45, 7) is 1.88. The number of carbonyl (C=O) groups is 1. The first-order chi connectivity index (χ1) is 8.16. The van der Waals surface area contributed by atoms with Crippen LogP contribution in [0.1, 0.15) is 16.2 Å². The molecule has 2 heterocycles. The molecule has 1 N–H and O–H groups in total. The highest BCUT2D eigenvalue weighted by Crippen LogP contribution is 2.28. The number of rotatable bonds is 1. The number of ether oxygens (including phenoxy) is 1. The zero-order chi connectivity index (χ0) is 12.0. The number of aromatic nitrogens is 2. The maximum atomic E-state index is 11.0.